The summed E-state index contributed by atoms with van der Waals surface area (Å²) in [6.07, 6.45) is 1.07. The molecule has 112 valence electrons. The Labute approximate surface area is 124 Å². The molecular formula is C17H21NO3. The summed E-state index contributed by atoms with van der Waals surface area (Å²) in [5.74, 6) is 1.80. The average molecular weight is 287 g/mol. The van der Waals surface area contributed by atoms with Crippen molar-refractivity contribution in [3.63, 3.8) is 0 Å². The third kappa shape index (κ3) is 3.18. The Balaban J connectivity index is 1.70. The van der Waals surface area contributed by atoms with Crippen molar-refractivity contribution in [3.05, 3.63) is 48.2 Å². The number of ether oxygens (including phenoxy) is 1. The number of rotatable bonds is 5. The zero-order chi connectivity index (χ0) is 14.7. The lowest BCUT2D eigenvalue weighted by Gasteiger charge is -2.20. The first kappa shape index (κ1) is 14.3. The quantitative estimate of drug-likeness (QED) is 0.918. The Hall–Kier alpha value is -1.62. The molecular weight excluding hydrogens is 266 g/mol. The lowest BCUT2D eigenvalue weighted by molar-refractivity contribution is 0.106. The molecule has 1 aromatic heterocycles. The summed E-state index contributed by atoms with van der Waals surface area (Å²) in [6.45, 7) is 1.70. The van der Waals surface area contributed by atoms with Gasteiger partial charge in [-0.05, 0) is 18.6 Å². The minimum atomic E-state index is 0.153. The average Bonchev–Trinajstić information content (AvgIpc) is 3.15. The van der Waals surface area contributed by atoms with E-state index in [0.717, 1.165) is 30.0 Å². The molecule has 4 nitrogen and oxygen atoms in total. The number of nitrogens with zero attached hydrogens (tertiary/aromatic N) is 1. The van der Waals surface area contributed by atoms with Crippen LogP contribution in [0, 0.1) is 0 Å². The van der Waals surface area contributed by atoms with Crippen molar-refractivity contribution >= 4 is 0 Å². The molecule has 1 aliphatic heterocycles. The smallest absolute Gasteiger partial charge is 0.134 e. The van der Waals surface area contributed by atoms with Crippen LogP contribution in [0.15, 0.2) is 46.9 Å². The SMILES string of the molecule is CO[C@H]1C[C@@H](CO)N(Cc2ccc(-c3ccccc3)o2)C1. The van der Waals surface area contributed by atoms with Gasteiger partial charge in [0, 0.05) is 25.3 Å². The number of benzene rings is 1. The van der Waals surface area contributed by atoms with Gasteiger partial charge in [-0.15, -0.1) is 0 Å². The van der Waals surface area contributed by atoms with E-state index in [1.165, 1.54) is 0 Å². The molecule has 0 unspecified atom stereocenters. The third-order valence-electron chi connectivity index (χ3n) is 4.11. The third-order valence-corrected chi connectivity index (χ3v) is 4.11. The molecule has 3 rings (SSSR count). The van der Waals surface area contributed by atoms with Crippen LogP contribution in [-0.2, 0) is 11.3 Å². The van der Waals surface area contributed by atoms with Gasteiger partial charge in [0.05, 0.1) is 19.3 Å². The van der Waals surface area contributed by atoms with Gasteiger partial charge in [0.25, 0.3) is 0 Å². The molecule has 1 saturated heterocycles. The zero-order valence-corrected chi connectivity index (χ0v) is 12.2. The number of aliphatic hydroxyl groups excluding tert-OH is 1. The summed E-state index contributed by atoms with van der Waals surface area (Å²) in [7, 11) is 1.73. The van der Waals surface area contributed by atoms with Crippen molar-refractivity contribution in [3.8, 4) is 11.3 Å². The first-order chi connectivity index (χ1) is 10.3. The highest BCUT2D eigenvalue weighted by atomic mass is 16.5. The van der Waals surface area contributed by atoms with Crippen molar-refractivity contribution in [1.29, 1.82) is 0 Å². The van der Waals surface area contributed by atoms with Gasteiger partial charge in [-0.25, -0.2) is 0 Å². The van der Waals surface area contributed by atoms with E-state index in [2.05, 4.69) is 4.90 Å². The molecule has 0 saturated carbocycles. The predicted octanol–water partition coefficient (Wildman–Crippen LogP) is 2.53. The monoisotopic (exact) mass is 287 g/mol. The largest absolute Gasteiger partial charge is 0.460 e. The lowest BCUT2D eigenvalue weighted by Crippen LogP contribution is -2.31. The fraction of sp³-hybridized carbons (Fsp3) is 0.412. The normalized spacial score (nSPS) is 22.8. The molecule has 1 N–H and O–H groups in total. The number of likely N-dealkylation sites (tertiary alicyclic amines) is 1. The maximum absolute atomic E-state index is 9.48. The maximum Gasteiger partial charge on any atom is 0.134 e. The van der Waals surface area contributed by atoms with E-state index in [0.29, 0.717) is 6.54 Å². The Morgan fingerprint density at radius 1 is 1.24 bits per heavy atom. The second-order valence-electron chi connectivity index (χ2n) is 5.49. The van der Waals surface area contributed by atoms with Crippen LogP contribution in [-0.4, -0.2) is 42.4 Å². The van der Waals surface area contributed by atoms with Gasteiger partial charge in [-0.1, -0.05) is 30.3 Å². The molecule has 1 fully saturated rings. The molecule has 0 amide bonds. The fourth-order valence-corrected chi connectivity index (χ4v) is 2.91. The van der Waals surface area contributed by atoms with E-state index in [9.17, 15) is 5.11 Å². The molecule has 21 heavy (non-hydrogen) atoms. The fourth-order valence-electron chi connectivity index (χ4n) is 2.91. The van der Waals surface area contributed by atoms with E-state index in [1.54, 1.807) is 7.11 Å². The number of hydrogen-bond acceptors (Lipinski definition) is 4. The van der Waals surface area contributed by atoms with E-state index < -0.39 is 0 Å². The van der Waals surface area contributed by atoms with Gasteiger partial charge in [-0.2, -0.15) is 0 Å². The maximum atomic E-state index is 9.48. The minimum absolute atomic E-state index is 0.153. The molecule has 1 aromatic carbocycles. The molecule has 2 aromatic rings. The van der Waals surface area contributed by atoms with Crippen molar-refractivity contribution in [2.45, 2.75) is 25.1 Å². The van der Waals surface area contributed by atoms with Crippen LogP contribution < -0.4 is 0 Å². The number of aliphatic hydroxyl groups is 1. The van der Waals surface area contributed by atoms with Crippen LogP contribution in [0.25, 0.3) is 11.3 Å². The standard InChI is InChI=1S/C17H21NO3/c1-20-16-9-14(12-19)18(11-16)10-15-7-8-17(21-15)13-5-3-2-4-6-13/h2-8,14,16,19H,9-12H2,1H3/t14-,16-/m0/s1. The van der Waals surface area contributed by atoms with Crippen LogP contribution in [0.5, 0.6) is 0 Å². The van der Waals surface area contributed by atoms with Crippen LogP contribution in [0.1, 0.15) is 12.2 Å². The molecule has 0 radical (unpaired) electrons. The highest BCUT2D eigenvalue weighted by molar-refractivity contribution is 5.57. The Morgan fingerprint density at radius 3 is 2.76 bits per heavy atom. The number of furan rings is 1. The van der Waals surface area contributed by atoms with Crippen LogP contribution in [0.4, 0.5) is 0 Å². The van der Waals surface area contributed by atoms with Crippen molar-refractivity contribution < 1.29 is 14.3 Å². The van der Waals surface area contributed by atoms with Gasteiger partial charge >= 0.3 is 0 Å². The van der Waals surface area contributed by atoms with E-state index in [4.69, 9.17) is 9.15 Å². The molecule has 4 heteroatoms. The van der Waals surface area contributed by atoms with Crippen LogP contribution in [0.2, 0.25) is 0 Å². The topological polar surface area (TPSA) is 45.8 Å². The van der Waals surface area contributed by atoms with E-state index in [-0.39, 0.29) is 18.8 Å². The van der Waals surface area contributed by atoms with Crippen molar-refractivity contribution in [2.24, 2.45) is 0 Å². The highest BCUT2D eigenvalue weighted by Crippen LogP contribution is 2.26. The van der Waals surface area contributed by atoms with Gasteiger partial charge in [0.2, 0.25) is 0 Å². The predicted molar refractivity (Wildman–Crippen MR) is 80.8 cm³/mol. The van der Waals surface area contributed by atoms with E-state index in [1.807, 2.05) is 42.5 Å². The molecule has 0 aliphatic carbocycles. The summed E-state index contributed by atoms with van der Waals surface area (Å²) in [5, 5.41) is 9.48. The molecule has 1 aliphatic rings. The van der Waals surface area contributed by atoms with Gasteiger partial charge in [0.1, 0.15) is 11.5 Å². The summed E-state index contributed by atoms with van der Waals surface area (Å²) >= 11 is 0. The zero-order valence-electron chi connectivity index (χ0n) is 12.2. The summed E-state index contributed by atoms with van der Waals surface area (Å²) < 4.78 is 11.3. The molecule has 2 atom stereocenters. The molecule has 0 bridgehead atoms. The summed E-state index contributed by atoms with van der Waals surface area (Å²) in [5.41, 5.74) is 1.08. The number of hydrogen-bond donors (Lipinski definition) is 1. The van der Waals surface area contributed by atoms with E-state index >= 15 is 0 Å². The second kappa shape index (κ2) is 6.43. The van der Waals surface area contributed by atoms with Crippen LogP contribution in [0.3, 0.4) is 0 Å². The summed E-state index contributed by atoms with van der Waals surface area (Å²) in [6, 6.07) is 14.2. The second-order valence-corrected chi connectivity index (χ2v) is 5.49. The Morgan fingerprint density at radius 2 is 2.05 bits per heavy atom. The first-order valence-corrected chi connectivity index (χ1v) is 7.32. The lowest BCUT2D eigenvalue weighted by atomic mass is 10.2. The Kier molecular flexibility index (Phi) is 4.39. The van der Waals surface area contributed by atoms with Gasteiger partial charge in [-0.3, -0.25) is 4.90 Å². The molecule has 2 heterocycles. The Bertz CT molecular complexity index is 566. The first-order valence-electron chi connectivity index (χ1n) is 7.32. The van der Waals surface area contributed by atoms with Crippen molar-refractivity contribution in [2.75, 3.05) is 20.3 Å². The highest BCUT2D eigenvalue weighted by Gasteiger charge is 2.32. The number of methoxy groups -OCH3 is 1. The minimum Gasteiger partial charge on any atom is -0.460 e. The van der Waals surface area contributed by atoms with Crippen LogP contribution >= 0.6 is 0 Å². The molecule has 0 spiro atoms. The summed E-state index contributed by atoms with van der Waals surface area (Å²) in [4.78, 5) is 2.22. The van der Waals surface area contributed by atoms with Gasteiger partial charge < -0.3 is 14.3 Å². The van der Waals surface area contributed by atoms with Gasteiger partial charge in [0.15, 0.2) is 0 Å². The van der Waals surface area contributed by atoms with Crippen molar-refractivity contribution in [1.82, 2.24) is 4.90 Å².